The lowest BCUT2D eigenvalue weighted by Crippen LogP contribution is -2.27. The molecule has 2 heterocycles. The Labute approximate surface area is 184 Å². The molecule has 3 aromatic rings. The Kier molecular flexibility index (Phi) is 5.55. The van der Waals surface area contributed by atoms with Crippen molar-refractivity contribution in [2.75, 3.05) is 18.5 Å². The molecule has 1 amide bonds. The van der Waals surface area contributed by atoms with Crippen LogP contribution in [0.2, 0.25) is 5.02 Å². The molecule has 0 unspecified atom stereocenters. The molecule has 0 saturated heterocycles. The summed E-state index contributed by atoms with van der Waals surface area (Å²) in [4.78, 5) is 25.2. The van der Waals surface area contributed by atoms with Gasteiger partial charge in [-0.2, -0.15) is 18.3 Å². The van der Waals surface area contributed by atoms with Crippen molar-refractivity contribution >= 4 is 23.2 Å². The number of aromatic nitrogens is 2. The number of carbonyl (C=O) groups excluding carboxylic acids is 1. The summed E-state index contributed by atoms with van der Waals surface area (Å²) in [6, 6.07) is 8.66. The number of para-hydroxylation sites is 1. The number of ether oxygens (including phenoxy) is 2. The third-order valence-corrected chi connectivity index (χ3v) is 4.95. The van der Waals surface area contributed by atoms with Crippen molar-refractivity contribution in [1.29, 1.82) is 0 Å². The van der Waals surface area contributed by atoms with Crippen LogP contribution in [0.4, 0.5) is 18.9 Å². The number of nitrogens with one attached hydrogen (secondary N) is 1. The molecule has 0 fully saturated rings. The van der Waals surface area contributed by atoms with E-state index in [1.54, 1.807) is 0 Å². The summed E-state index contributed by atoms with van der Waals surface area (Å²) in [5.41, 5.74) is -2.37. The Morgan fingerprint density at radius 3 is 2.47 bits per heavy atom. The largest absolute Gasteiger partial charge is 0.486 e. The fourth-order valence-electron chi connectivity index (χ4n) is 3.19. The Morgan fingerprint density at radius 2 is 1.78 bits per heavy atom. The quantitative estimate of drug-likeness (QED) is 0.625. The van der Waals surface area contributed by atoms with Crippen molar-refractivity contribution in [3.8, 4) is 17.2 Å². The number of nitrogens with zero attached hydrogens (tertiary/aromatic N) is 2. The molecule has 0 aliphatic carbocycles. The molecule has 166 valence electrons. The smallest absolute Gasteiger partial charge is 0.418 e. The van der Waals surface area contributed by atoms with Crippen molar-refractivity contribution < 1.29 is 27.4 Å². The summed E-state index contributed by atoms with van der Waals surface area (Å²) in [5, 5.41) is 6.50. The molecular formula is C21H15ClF3N3O4. The highest BCUT2D eigenvalue weighted by molar-refractivity contribution is 6.34. The van der Waals surface area contributed by atoms with E-state index < -0.39 is 28.8 Å². The Morgan fingerprint density at radius 1 is 1.12 bits per heavy atom. The van der Waals surface area contributed by atoms with Gasteiger partial charge in [-0.1, -0.05) is 23.7 Å². The maximum Gasteiger partial charge on any atom is 0.418 e. The van der Waals surface area contributed by atoms with E-state index in [0.717, 1.165) is 16.8 Å². The number of hydrogen-bond acceptors (Lipinski definition) is 5. The first-order valence-electron chi connectivity index (χ1n) is 9.33. The number of halogens is 4. The average molecular weight is 466 g/mol. The zero-order valence-corrected chi connectivity index (χ0v) is 17.3. The molecule has 2 aromatic carbocycles. The molecule has 11 heteroatoms. The first-order chi connectivity index (χ1) is 15.1. The fraction of sp³-hybridized carbons (Fsp3) is 0.190. The minimum absolute atomic E-state index is 0.123. The van der Waals surface area contributed by atoms with Gasteiger partial charge in [0, 0.05) is 23.9 Å². The van der Waals surface area contributed by atoms with E-state index in [1.165, 1.54) is 37.3 Å². The molecule has 4 rings (SSSR count). The zero-order chi connectivity index (χ0) is 23.0. The van der Waals surface area contributed by atoms with Gasteiger partial charge in [0.2, 0.25) is 5.43 Å². The van der Waals surface area contributed by atoms with Gasteiger partial charge in [0.1, 0.15) is 13.2 Å². The van der Waals surface area contributed by atoms with Crippen molar-refractivity contribution in [3.63, 3.8) is 0 Å². The second-order valence-electron chi connectivity index (χ2n) is 6.86. The molecule has 32 heavy (non-hydrogen) atoms. The molecule has 1 aliphatic rings. The standard InChI is InChI=1S/C21H15ClF3N3O4/c1-11-8-16(29)19(27-28(11)15-5-3-2-4-12(15)21(23,24)25)20(30)26-14-10-18-17(9-13(14)22)31-6-7-32-18/h2-5,8-10H,6-7H2,1H3,(H,26,30). The average Bonchev–Trinajstić information content (AvgIpc) is 2.73. The topological polar surface area (TPSA) is 82.5 Å². The summed E-state index contributed by atoms with van der Waals surface area (Å²) in [6.07, 6.45) is -4.66. The van der Waals surface area contributed by atoms with Gasteiger partial charge in [-0.3, -0.25) is 9.59 Å². The van der Waals surface area contributed by atoms with Crippen molar-refractivity contribution in [2.45, 2.75) is 13.1 Å². The number of carbonyl (C=O) groups is 1. The van der Waals surface area contributed by atoms with Gasteiger partial charge in [0.15, 0.2) is 17.2 Å². The van der Waals surface area contributed by atoms with Crippen molar-refractivity contribution in [3.05, 3.63) is 74.7 Å². The minimum Gasteiger partial charge on any atom is -0.486 e. The highest BCUT2D eigenvalue weighted by Gasteiger charge is 2.34. The Hall–Kier alpha value is -3.53. The van der Waals surface area contributed by atoms with E-state index in [1.807, 2.05) is 0 Å². The predicted molar refractivity (Wildman–Crippen MR) is 110 cm³/mol. The van der Waals surface area contributed by atoms with Crippen LogP contribution in [0.25, 0.3) is 5.69 Å². The van der Waals surface area contributed by atoms with Crippen LogP contribution in [0.5, 0.6) is 11.5 Å². The van der Waals surface area contributed by atoms with Crippen LogP contribution < -0.4 is 20.2 Å². The number of aryl methyl sites for hydroxylation is 1. The fourth-order valence-corrected chi connectivity index (χ4v) is 3.39. The second-order valence-corrected chi connectivity index (χ2v) is 7.26. The molecule has 0 bridgehead atoms. The van der Waals surface area contributed by atoms with Gasteiger partial charge in [0.05, 0.1) is 22.0 Å². The van der Waals surface area contributed by atoms with E-state index in [9.17, 15) is 22.8 Å². The Bertz CT molecular complexity index is 1270. The van der Waals surface area contributed by atoms with Crippen LogP contribution in [0.15, 0.2) is 47.3 Å². The lowest BCUT2D eigenvalue weighted by molar-refractivity contribution is -0.137. The van der Waals surface area contributed by atoms with Gasteiger partial charge >= 0.3 is 6.18 Å². The SMILES string of the molecule is Cc1cc(=O)c(C(=O)Nc2cc3c(cc2Cl)OCCO3)nn1-c1ccccc1C(F)(F)F. The maximum atomic E-state index is 13.5. The van der Waals surface area contributed by atoms with Gasteiger partial charge < -0.3 is 14.8 Å². The lowest BCUT2D eigenvalue weighted by atomic mass is 10.1. The summed E-state index contributed by atoms with van der Waals surface area (Å²) >= 11 is 6.18. The molecule has 0 saturated carbocycles. The molecule has 0 radical (unpaired) electrons. The minimum atomic E-state index is -4.66. The van der Waals surface area contributed by atoms with Crippen LogP contribution in [0.1, 0.15) is 21.7 Å². The van der Waals surface area contributed by atoms with Gasteiger partial charge in [-0.05, 0) is 19.1 Å². The van der Waals surface area contributed by atoms with Crippen molar-refractivity contribution in [2.24, 2.45) is 0 Å². The summed E-state index contributed by atoms with van der Waals surface area (Å²) < 4.78 is 52.1. The van der Waals surface area contributed by atoms with E-state index in [0.29, 0.717) is 24.7 Å². The second kappa shape index (κ2) is 8.19. The molecular weight excluding hydrogens is 451 g/mol. The van der Waals surface area contributed by atoms with Crippen LogP contribution in [-0.2, 0) is 6.18 Å². The molecule has 0 spiro atoms. The molecule has 1 N–H and O–H groups in total. The van der Waals surface area contributed by atoms with Gasteiger partial charge in [-0.25, -0.2) is 4.68 Å². The summed E-state index contributed by atoms with van der Waals surface area (Å²) in [6.45, 7) is 2.08. The number of hydrogen-bond donors (Lipinski definition) is 1. The van der Waals surface area contributed by atoms with Crippen LogP contribution >= 0.6 is 11.6 Å². The monoisotopic (exact) mass is 465 g/mol. The first-order valence-corrected chi connectivity index (χ1v) is 9.71. The maximum absolute atomic E-state index is 13.5. The number of fused-ring (bicyclic) bond motifs is 1. The van der Waals surface area contributed by atoms with E-state index in [-0.39, 0.29) is 22.1 Å². The number of alkyl halides is 3. The van der Waals surface area contributed by atoms with Crippen LogP contribution in [0, 0.1) is 6.92 Å². The molecule has 1 aliphatic heterocycles. The highest BCUT2D eigenvalue weighted by Crippen LogP contribution is 2.38. The molecule has 7 nitrogen and oxygen atoms in total. The Balaban J connectivity index is 1.73. The van der Waals surface area contributed by atoms with E-state index in [2.05, 4.69) is 10.4 Å². The zero-order valence-electron chi connectivity index (χ0n) is 16.5. The summed E-state index contributed by atoms with van der Waals surface area (Å²) in [7, 11) is 0. The number of amides is 1. The molecule has 0 atom stereocenters. The van der Waals surface area contributed by atoms with Gasteiger partial charge in [0.25, 0.3) is 5.91 Å². The predicted octanol–water partition coefficient (Wildman–Crippen LogP) is 4.24. The van der Waals surface area contributed by atoms with Gasteiger partial charge in [-0.15, -0.1) is 0 Å². The first kappa shape index (κ1) is 21.7. The highest BCUT2D eigenvalue weighted by atomic mass is 35.5. The van der Waals surface area contributed by atoms with E-state index >= 15 is 0 Å². The number of anilines is 1. The third kappa shape index (κ3) is 4.13. The van der Waals surface area contributed by atoms with Crippen LogP contribution in [-0.4, -0.2) is 28.9 Å². The number of rotatable bonds is 3. The van der Waals surface area contributed by atoms with Crippen molar-refractivity contribution in [1.82, 2.24) is 9.78 Å². The molecule has 1 aromatic heterocycles. The third-order valence-electron chi connectivity index (χ3n) is 4.64. The number of benzene rings is 2. The van der Waals surface area contributed by atoms with Crippen LogP contribution in [0.3, 0.4) is 0 Å². The normalized spacial score (nSPS) is 13.0. The summed E-state index contributed by atoms with van der Waals surface area (Å²) in [5.74, 6) is -0.185. The van der Waals surface area contributed by atoms with E-state index in [4.69, 9.17) is 21.1 Å². The lowest BCUT2D eigenvalue weighted by Gasteiger charge is -2.20.